The lowest BCUT2D eigenvalue weighted by Gasteiger charge is -2.15. The van der Waals surface area contributed by atoms with Crippen molar-refractivity contribution in [1.82, 2.24) is 4.98 Å². The molecule has 6 heteroatoms. The molecule has 0 unspecified atom stereocenters. The molecule has 1 aliphatic heterocycles. The number of carbonyl (C=O) groups excluding carboxylic acids is 3. The van der Waals surface area contributed by atoms with Gasteiger partial charge in [0, 0.05) is 29.5 Å². The Labute approximate surface area is 168 Å². The highest BCUT2D eigenvalue weighted by molar-refractivity contribution is 6.20. The summed E-state index contributed by atoms with van der Waals surface area (Å²) in [5.74, 6) is -0.685. The first-order valence-electron chi connectivity index (χ1n) is 9.49. The minimum atomic E-state index is -0.262. The van der Waals surface area contributed by atoms with Gasteiger partial charge in [-0.3, -0.25) is 24.3 Å². The van der Waals surface area contributed by atoms with Crippen LogP contribution in [-0.4, -0.2) is 22.7 Å². The molecule has 4 rings (SSSR count). The van der Waals surface area contributed by atoms with Crippen molar-refractivity contribution in [1.29, 1.82) is 0 Å². The second-order valence-electron chi connectivity index (χ2n) is 7.41. The summed E-state index contributed by atoms with van der Waals surface area (Å²) in [4.78, 5) is 42.4. The van der Waals surface area contributed by atoms with E-state index in [1.54, 1.807) is 24.3 Å². The van der Waals surface area contributed by atoms with E-state index in [9.17, 15) is 14.4 Å². The fourth-order valence-electron chi connectivity index (χ4n) is 3.73. The normalized spacial score (nSPS) is 14.0. The van der Waals surface area contributed by atoms with Crippen LogP contribution >= 0.6 is 0 Å². The maximum absolute atomic E-state index is 12.8. The lowest BCUT2D eigenvalue weighted by molar-refractivity contribution is -0.121. The van der Waals surface area contributed by atoms with Crippen LogP contribution in [0.4, 0.5) is 11.4 Å². The standard InChI is InChI=1S/C23H21N3O3/c1-13-10-14(2)22-18(11-13)19(12-15(3)24-22)25-23(29)16-4-6-17(7-5-16)26-20(27)8-9-21(26)28/h4-7,10-12H,8-9H2,1-3H3,(H,24,25,29). The van der Waals surface area contributed by atoms with Gasteiger partial charge in [-0.15, -0.1) is 0 Å². The zero-order valence-electron chi connectivity index (χ0n) is 16.6. The molecule has 2 aromatic carbocycles. The van der Waals surface area contributed by atoms with Crippen LogP contribution in [0.5, 0.6) is 0 Å². The minimum absolute atomic E-state index is 0.211. The van der Waals surface area contributed by atoms with E-state index in [1.165, 1.54) is 4.90 Å². The molecule has 1 aromatic heterocycles. The summed E-state index contributed by atoms with van der Waals surface area (Å²) in [5.41, 5.74) is 5.49. The number of aromatic nitrogens is 1. The number of rotatable bonds is 3. The number of nitrogens with one attached hydrogen (secondary N) is 1. The zero-order valence-corrected chi connectivity index (χ0v) is 16.6. The largest absolute Gasteiger partial charge is 0.321 e. The van der Waals surface area contributed by atoms with Crippen molar-refractivity contribution in [3.8, 4) is 0 Å². The Kier molecular flexibility index (Phi) is 4.62. The smallest absolute Gasteiger partial charge is 0.255 e. The zero-order chi connectivity index (χ0) is 20.7. The summed E-state index contributed by atoms with van der Waals surface area (Å²) in [6.07, 6.45) is 0.461. The number of pyridine rings is 1. The molecule has 0 bridgehead atoms. The maximum atomic E-state index is 12.8. The predicted molar refractivity (Wildman–Crippen MR) is 112 cm³/mol. The summed E-state index contributed by atoms with van der Waals surface area (Å²) in [7, 11) is 0. The molecule has 1 N–H and O–H groups in total. The van der Waals surface area contributed by atoms with Gasteiger partial charge in [0.25, 0.3) is 5.91 Å². The quantitative estimate of drug-likeness (QED) is 0.687. The van der Waals surface area contributed by atoms with Crippen molar-refractivity contribution in [3.63, 3.8) is 0 Å². The second-order valence-corrected chi connectivity index (χ2v) is 7.41. The first kappa shape index (κ1) is 18.8. The first-order chi connectivity index (χ1) is 13.8. The summed E-state index contributed by atoms with van der Waals surface area (Å²) in [6, 6.07) is 12.4. The monoisotopic (exact) mass is 387 g/mol. The van der Waals surface area contributed by atoms with Crippen molar-refractivity contribution in [2.75, 3.05) is 10.2 Å². The number of aryl methyl sites for hydroxylation is 3. The van der Waals surface area contributed by atoms with Gasteiger partial charge in [-0.25, -0.2) is 0 Å². The van der Waals surface area contributed by atoms with E-state index < -0.39 is 0 Å². The van der Waals surface area contributed by atoms with Crippen LogP contribution in [0.2, 0.25) is 0 Å². The SMILES string of the molecule is Cc1cc(C)c2nc(C)cc(NC(=O)c3ccc(N4C(=O)CCC4=O)cc3)c2c1. The van der Waals surface area contributed by atoms with E-state index >= 15 is 0 Å². The summed E-state index contributed by atoms with van der Waals surface area (Å²) >= 11 is 0. The van der Waals surface area contributed by atoms with Crippen LogP contribution in [0.15, 0.2) is 42.5 Å². The Morgan fingerprint density at radius 3 is 2.28 bits per heavy atom. The fraction of sp³-hybridized carbons (Fsp3) is 0.217. The molecule has 3 aromatic rings. The lowest BCUT2D eigenvalue weighted by atomic mass is 10.0. The number of fused-ring (bicyclic) bond motifs is 1. The number of anilines is 2. The van der Waals surface area contributed by atoms with Gasteiger partial charge < -0.3 is 5.32 Å². The molecule has 0 aliphatic carbocycles. The Morgan fingerprint density at radius 1 is 0.966 bits per heavy atom. The van der Waals surface area contributed by atoms with E-state index in [2.05, 4.69) is 16.4 Å². The van der Waals surface area contributed by atoms with E-state index in [-0.39, 0.29) is 30.6 Å². The number of benzene rings is 2. The highest BCUT2D eigenvalue weighted by Gasteiger charge is 2.30. The van der Waals surface area contributed by atoms with Gasteiger partial charge in [-0.2, -0.15) is 0 Å². The number of hydrogen-bond acceptors (Lipinski definition) is 4. The lowest BCUT2D eigenvalue weighted by Crippen LogP contribution is -2.28. The Hall–Kier alpha value is -3.54. The van der Waals surface area contributed by atoms with Crippen molar-refractivity contribution < 1.29 is 14.4 Å². The fourth-order valence-corrected chi connectivity index (χ4v) is 3.73. The first-order valence-corrected chi connectivity index (χ1v) is 9.49. The number of carbonyl (C=O) groups is 3. The van der Waals surface area contributed by atoms with Crippen molar-refractivity contribution in [2.24, 2.45) is 0 Å². The third-order valence-electron chi connectivity index (χ3n) is 5.06. The maximum Gasteiger partial charge on any atom is 0.255 e. The Morgan fingerprint density at radius 2 is 1.62 bits per heavy atom. The molecule has 146 valence electrons. The molecule has 1 aliphatic rings. The molecule has 0 radical (unpaired) electrons. The van der Waals surface area contributed by atoms with E-state index in [1.807, 2.05) is 32.9 Å². The van der Waals surface area contributed by atoms with Crippen LogP contribution in [0, 0.1) is 20.8 Å². The molecule has 0 spiro atoms. The summed E-state index contributed by atoms with van der Waals surface area (Å²) in [5, 5.41) is 3.87. The average molecular weight is 387 g/mol. The molecule has 1 fully saturated rings. The van der Waals surface area contributed by atoms with Gasteiger partial charge in [0.05, 0.1) is 16.9 Å². The average Bonchev–Trinajstić information content (AvgIpc) is 3.01. The molecule has 6 nitrogen and oxygen atoms in total. The van der Waals surface area contributed by atoms with Crippen LogP contribution in [-0.2, 0) is 9.59 Å². The Bertz CT molecular complexity index is 1150. The van der Waals surface area contributed by atoms with E-state index in [0.29, 0.717) is 16.9 Å². The molecular formula is C23H21N3O3. The molecule has 0 saturated carbocycles. The molecule has 29 heavy (non-hydrogen) atoms. The topological polar surface area (TPSA) is 79.4 Å². The van der Waals surface area contributed by atoms with Crippen molar-refractivity contribution in [2.45, 2.75) is 33.6 Å². The van der Waals surface area contributed by atoms with Gasteiger partial charge in [0.15, 0.2) is 0 Å². The van der Waals surface area contributed by atoms with E-state index in [0.717, 1.165) is 27.7 Å². The minimum Gasteiger partial charge on any atom is -0.321 e. The van der Waals surface area contributed by atoms with Gasteiger partial charge >= 0.3 is 0 Å². The summed E-state index contributed by atoms with van der Waals surface area (Å²) < 4.78 is 0. The van der Waals surface area contributed by atoms with Crippen LogP contribution in [0.1, 0.15) is 40.0 Å². The van der Waals surface area contributed by atoms with Gasteiger partial charge in [-0.1, -0.05) is 11.6 Å². The Balaban J connectivity index is 1.63. The third-order valence-corrected chi connectivity index (χ3v) is 5.06. The van der Waals surface area contributed by atoms with Crippen LogP contribution in [0.3, 0.4) is 0 Å². The molecule has 3 amide bonds. The highest BCUT2D eigenvalue weighted by Crippen LogP contribution is 2.28. The molecule has 0 atom stereocenters. The van der Waals surface area contributed by atoms with Crippen molar-refractivity contribution >= 4 is 40.0 Å². The molecule has 1 saturated heterocycles. The van der Waals surface area contributed by atoms with Crippen molar-refractivity contribution in [3.05, 3.63) is 64.8 Å². The highest BCUT2D eigenvalue weighted by atomic mass is 16.2. The van der Waals surface area contributed by atoms with Gasteiger partial charge in [0.1, 0.15) is 0 Å². The number of nitrogens with zero attached hydrogens (tertiary/aromatic N) is 2. The van der Waals surface area contributed by atoms with Gasteiger partial charge in [-0.05, 0) is 62.7 Å². The number of amides is 3. The third kappa shape index (κ3) is 3.49. The van der Waals surface area contributed by atoms with Crippen LogP contribution < -0.4 is 10.2 Å². The number of imide groups is 1. The van der Waals surface area contributed by atoms with Gasteiger partial charge in [0.2, 0.25) is 11.8 Å². The predicted octanol–water partition coefficient (Wildman–Crippen LogP) is 4.07. The second kappa shape index (κ2) is 7.13. The summed E-state index contributed by atoms with van der Waals surface area (Å²) in [6.45, 7) is 5.91. The molecular weight excluding hydrogens is 366 g/mol. The number of hydrogen-bond donors (Lipinski definition) is 1. The van der Waals surface area contributed by atoms with Crippen LogP contribution in [0.25, 0.3) is 10.9 Å². The molecule has 2 heterocycles. The van der Waals surface area contributed by atoms with E-state index in [4.69, 9.17) is 0 Å².